The molecule has 0 spiro atoms. The van der Waals surface area contributed by atoms with E-state index in [0.717, 1.165) is 11.2 Å². The molecule has 0 bridgehead atoms. The van der Waals surface area contributed by atoms with Gasteiger partial charge in [0.25, 0.3) is 0 Å². The van der Waals surface area contributed by atoms with Gasteiger partial charge in [-0.2, -0.15) is 0 Å². The van der Waals surface area contributed by atoms with Crippen molar-refractivity contribution >= 4 is 14.2 Å². The molecule has 1 rings (SSSR count). The molecule has 2 nitrogen and oxygen atoms in total. The van der Waals surface area contributed by atoms with Crippen molar-refractivity contribution in [2.24, 2.45) is 0 Å². The Morgan fingerprint density at radius 2 is 1.31 bits per heavy atom. The quantitative estimate of drug-likeness (QED) is 0.432. The monoisotopic (exact) mass is 319 g/mol. The minimum atomic E-state index is -11.1. The molecular formula is C7H16AsF6NO. The van der Waals surface area contributed by atoms with Crippen LogP contribution in [0.5, 0.6) is 0 Å². The third kappa shape index (κ3) is 14.1. The van der Waals surface area contributed by atoms with Crippen LogP contribution in [0.4, 0.5) is 20.8 Å². The zero-order valence-electron chi connectivity index (χ0n) is 9.11. The van der Waals surface area contributed by atoms with Gasteiger partial charge < -0.3 is 9.22 Å². The molecule has 0 atom stereocenters. The second kappa shape index (κ2) is 4.06. The number of methoxy groups -OCH3 is 1. The van der Waals surface area contributed by atoms with E-state index < -0.39 is 14.2 Å². The SMILES string of the molecule is COC[N+]1(C)CCCC1.F[As-](F)(F)(F)(F)F. The Bertz CT molecular complexity index is 219. The van der Waals surface area contributed by atoms with Gasteiger partial charge >= 0.3 is 35.0 Å². The van der Waals surface area contributed by atoms with Gasteiger partial charge in [-0.3, -0.25) is 0 Å². The van der Waals surface area contributed by atoms with Gasteiger partial charge in [-0.25, -0.2) is 0 Å². The molecule has 0 aromatic rings. The molecule has 0 unspecified atom stereocenters. The third-order valence-corrected chi connectivity index (χ3v) is 2.09. The number of rotatable bonds is 2. The van der Waals surface area contributed by atoms with E-state index in [9.17, 15) is 20.8 Å². The minimum absolute atomic E-state index is 0.889. The second-order valence-electron chi connectivity index (χ2n) is 4.15. The van der Waals surface area contributed by atoms with Crippen LogP contribution >= 0.6 is 0 Å². The van der Waals surface area contributed by atoms with Gasteiger partial charge in [0.15, 0.2) is 6.73 Å². The van der Waals surface area contributed by atoms with Crippen LogP contribution < -0.4 is 0 Å². The molecule has 0 aromatic heterocycles. The Labute approximate surface area is 91.6 Å². The van der Waals surface area contributed by atoms with Crippen LogP contribution in [0.25, 0.3) is 0 Å². The second-order valence-corrected chi connectivity index (χ2v) is 8.17. The summed E-state index contributed by atoms with van der Waals surface area (Å²) < 4.78 is 65.7. The molecule has 1 fully saturated rings. The fourth-order valence-electron chi connectivity index (χ4n) is 1.54. The van der Waals surface area contributed by atoms with E-state index in [-0.39, 0.29) is 0 Å². The van der Waals surface area contributed by atoms with Crippen molar-refractivity contribution in [2.45, 2.75) is 12.8 Å². The van der Waals surface area contributed by atoms with Gasteiger partial charge in [0.2, 0.25) is 0 Å². The molecule has 0 saturated carbocycles. The summed E-state index contributed by atoms with van der Waals surface area (Å²) in [5, 5.41) is 0. The first kappa shape index (κ1) is 16.1. The first-order valence-corrected chi connectivity index (χ1v) is 8.86. The number of nitrogens with zero attached hydrogens (tertiary/aromatic N) is 1. The van der Waals surface area contributed by atoms with Crippen LogP contribution in [0.1, 0.15) is 12.8 Å². The molecule has 0 amide bonds. The predicted molar refractivity (Wildman–Crippen MR) is 49.4 cm³/mol. The number of likely N-dealkylation sites (tertiary alicyclic amines) is 1. The zero-order chi connectivity index (χ0) is 13.2. The molecule has 0 radical (unpaired) electrons. The standard InChI is InChI=1S/C7H16NO.AsF6/c1-8(7-9-2)5-3-4-6-8;2-1(3,4,5,6)7/h3-7H2,1-2H3;/q+1;-1. The van der Waals surface area contributed by atoms with E-state index in [1.807, 2.05) is 0 Å². The number of quaternary nitrogens is 1. The third-order valence-electron chi connectivity index (χ3n) is 2.09. The zero-order valence-corrected chi connectivity index (χ0v) is 11.0. The summed E-state index contributed by atoms with van der Waals surface area (Å²) in [5.74, 6) is 0. The Morgan fingerprint density at radius 1 is 1.00 bits per heavy atom. The van der Waals surface area contributed by atoms with Gasteiger partial charge in [0, 0.05) is 20.0 Å². The van der Waals surface area contributed by atoms with Gasteiger partial charge in [0.05, 0.1) is 20.1 Å². The average Bonchev–Trinajstić information content (AvgIpc) is 2.29. The first-order valence-electron chi connectivity index (χ1n) is 4.61. The summed E-state index contributed by atoms with van der Waals surface area (Å²) in [6, 6.07) is 0. The summed E-state index contributed by atoms with van der Waals surface area (Å²) in [5.41, 5.74) is 0. The number of hydrogen-bond acceptors (Lipinski definition) is 1. The van der Waals surface area contributed by atoms with Crippen LogP contribution in [-0.4, -0.2) is 52.6 Å². The van der Waals surface area contributed by atoms with Crippen LogP contribution in [0.2, 0.25) is 0 Å². The van der Waals surface area contributed by atoms with Crippen molar-refractivity contribution in [3.8, 4) is 0 Å². The molecule has 1 aliphatic heterocycles. The summed E-state index contributed by atoms with van der Waals surface area (Å²) in [7, 11) is 4.04. The van der Waals surface area contributed by atoms with E-state index in [1.165, 1.54) is 25.9 Å². The normalized spacial score (nSPS) is 24.0. The van der Waals surface area contributed by atoms with Crippen molar-refractivity contribution in [3.05, 3.63) is 0 Å². The molecule has 16 heavy (non-hydrogen) atoms. The van der Waals surface area contributed by atoms with Crippen molar-refractivity contribution < 1.29 is 30.0 Å². The summed E-state index contributed by atoms with van der Waals surface area (Å²) in [4.78, 5) is 0. The Balaban J connectivity index is 0.000000293. The van der Waals surface area contributed by atoms with Crippen LogP contribution in [0, 0.1) is 0 Å². The van der Waals surface area contributed by atoms with Crippen molar-refractivity contribution in [3.63, 3.8) is 0 Å². The summed E-state index contributed by atoms with van der Waals surface area (Å²) >= 11 is -11.1. The molecule has 0 aliphatic carbocycles. The Morgan fingerprint density at radius 3 is 1.56 bits per heavy atom. The van der Waals surface area contributed by atoms with Gasteiger partial charge in [-0.1, -0.05) is 0 Å². The summed E-state index contributed by atoms with van der Waals surface area (Å²) in [6.07, 6.45) is 2.75. The number of halogens is 6. The van der Waals surface area contributed by atoms with Crippen LogP contribution in [-0.2, 0) is 4.74 Å². The van der Waals surface area contributed by atoms with E-state index in [0.29, 0.717) is 0 Å². The maximum atomic E-state index is 9.91. The first-order chi connectivity index (χ1) is 6.72. The Kier molecular flexibility index (Phi) is 4.08. The van der Waals surface area contributed by atoms with E-state index in [4.69, 9.17) is 4.74 Å². The van der Waals surface area contributed by atoms with E-state index in [1.54, 1.807) is 7.11 Å². The molecule has 0 aromatic carbocycles. The fourth-order valence-corrected chi connectivity index (χ4v) is 1.54. The summed E-state index contributed by atoms with van der Waals surface area (Å²) in [6.45, 7) is 3.49. The van der Waals surface area contributed by atoms with Crippen molar-refractivity contribution in [1.29, 1.82) is 0 Å². The molecule has 1 heterocycles. The van der Waals surface area contributed by atoms with Gasteiger partial charge in [-0.15, -0.1) is 0 Å². The molecule has 0 N–H and O–H groups in total. The molecular weight excluding hydrogens is 303 g/mol. The number of hydrogen-bond donors (Lipinski definition) is 0. The van der Waals surface area contributed by atoms with Crippen molar-refractivity contribution in [2.75, 3.05) is 34.0 Å². The maximum absolute atomic E-state index is 11.1. The van der Waals surface area contributed by atoms with E-state index in [2.05, 4.69) is 7.05 Å². The average molecular weight is 319 g/mol. The fraction of sp³-hybridized carbons (Fsp3) is 1.00. The van der Waals surface area contributed by atoms with Gasteiger partial charge in [0.1, 0.15) is 0 Å². The topological polar surface area (TPSA) is 9.23 Å². The molecule has 102 valence electrons. The Hall–Kier alpha value is 0.0584. The molecule has 1 saturated heterocycles. The number of ether oxygens (including phenoxy) is 1. The molecule has 1 aliphatic rings. The van der Waals surface area contributed by atoms with Crippen LogP contribution in [0.15, 0.2) is 0 Å². The predicted octanol–water partition coefficient (Wildman–Crippen LogP) is 2.97. The molecule has 9 heteroatoms. The van der Waals surface area contributed by atoms with Gasteiger partial charge in [-0.05, 0) is 0 Å². The van der Waals surface area contributed by atoms with E-state index >= 15 is 0 Å². The van der Waals surface area contributed by atoms with Crippen LogP contribution in [0.3, 0.4) is 0 Å². The van der Waals surface area contributed by atoms with Crippen molar-refractivity contribution in [1.82, 2.24) is 0 Å².